The van der Waals surface area contributed by atoms with Crippen LogP contribution in [-0.2, 0) is 9.53 Å². The molecule has 0 radical (unpaired) electrons. The normalized spacial score (nSPS) is 11.1. The fourth-order valence-electron chi connectivity index (χ4n) is 1.43. The van der Waals surface area contributed by atoms with Crippen molar-refractivity contribution < 1.29 is 19.2 Å². The van der Waals surface area contributed by atoms with Crippen LogP contribution in [0.3, 0.4) is 0 Å². The van der Waals surface area contributed by atoms with E-state index in [-0.39, 0.29) is 27.5 Å². The third kappa shape index (κ3) is 4.04. The molecule has 0 saturated heterocycles. The molecular weight excluding hydrogens is 314 g/mol. The molecule has 1 aromatic carbocycles. The van der Waals surface area contributed by atoms with Gasteiger partial charge >= 0.3 is 5.97 Å². The third-order valence-corrected chi connectivity index (χ3v) is 2.82. The fraction of sp³-hybridized carbons (Fsp3) is 0.154. The molecule has 0 aliphatic heterocycles. The number of nitrogens with two attached hydrogens (primary N) is 1. The number of nitro groups is 1. The molecule has 9 heteroatoms. The number of nitro benzene ring substituents is 1. The van der Waals surface area contributed by atoms with Crippen LogP contribution in [0.1, 0.15) is 17.3 Å². The number of benzene rings is 1. The Balaban J connectivity index is 2.83. The summed E-state index contributed by atoms with van der Waals surface area (Å²) >= 11 is 5.75. The maximum absolute atomic E-state index is 11.8. The Bertz CT molecular complexity index is 717. The second kappa shape index (κ2) is 7.19. The van der Waals surface area contributed by atoms with Crippen LogP contribution in [0.4, 0.5) is 5.69 Å². The number of nitrogens with zero attached hydrogens (tertiary/aromatic N) is 2. The summed E-state index contributed by atoms with van der Waals surface area (Å²) in [6.07, 6.45) is 0. The van der Waals surface area contributed by atoms with Crippen molar-refractivity contribution in [2.75, 3.05) is 6.61 Å². The van der Waals surface area contributed by atoms with Crippen molar-refractivity contribution in [3.05, 3.63) is 50.2 Å². The first-order valence-corrected chi connectivity index (χ1v) is 6.16. The van der Waals surface area contributed by atoms with Gasteiger partial charge in [0.25, 0.3) is 5.69 Å². The van der Waals surface area contributed by atoms with Crippen molar-refractivity contribution in [2.45, 2.75) is 6.92 Å². The summed E-state index contributed by atoms with van der Waals surface area (Å²) in [5, 5.41) is 19.1. The van der Waals surface area contributed by atoms with Crippen LogP contribution in [0.25, 0.3) is 0 Å². The first-order chi connectivity index (χ1) is 10.3. The molecule has 0 aliphatic rings. The highest BCUT2D eigenvalue weighted by Gasteiger charge is 2.19. The Morgan fingerprint density at radius 1 is 1.50 bits per heavy atom. The van der Waals surface area contributed by atoms with Crippen molar-refractivity contribution in [3.8, 4) is 6.07 Å². The smallest absolute Gasteiger partial charge is 0.340 e. The molecule has 0 atom stereocenters. The topological polar surface area (TPSA) is 136 Å². The highest BCUT2D eigenvalue weighted by Crippen LogP contribution is 2.23. The molecule has 0 fully saturated rings. The molecular formula is C13H10ClN3O5. The number of carbonyl (C=O) groups is 2. The van der Waals surface area contributed by atoms with Gasteiger partial charge < -0.3 is 10.5 Å². The van der Waals surface area contributed by atoms with E-state index in [4.69, 9.17) is 27.3 Å². The van der Waals surface area contributed by atoms with Gasteiger partial charge in [-0.15, -0.1) is 0 Å². The molecule has 0 bridgehead atoms. The Labute approximate surface area is 129 Å². The predicted octanol–water partition coefficient (Wildman–Crippen LogP) is 1.73. The molecule has 114 valence electrons. The highest BCUT2D eigenvalue weighted by atomic mass is 35.5. The van der Waals surface area contributed by atoms with Crippen LogP contribution in [0.15, 0.2) is 29.5 Å². The number of hydrogen-bond donors (Lipinski definition) is 1. The number of hydrogen-bond acceptors (Lipinski definition) is 7. The van der Waals surface area contributed by atoms with E-state index in [1.165, 1.54) is 6.92 Å². The molecule has 0 aromatic heterocycles. The number of non-ortho nitro benzene ring substituents is 1. The number of halogens is 1. The molecule has 0 unspecified atom stereocenters. The quantitative estimate of drug-likeness (QED) is 0.286. The number of ether oxygens (including phenoxy) is 1. The SMILES string of the molecule is C/C(N)=C(/C#N)C(=O)COC(=O)c1ccc([N+](=O)[O-])cc1Cl. The van der Waals surface area contributed by atoms with Gasteiger partial charge in [-0.05, 0) is 13.0 Å². The van der Waals surface area contributed by atoms with Crippen LogP contribution >= 0.6 is 11.6 Å². The first-order valence-electron chi connectivity index (χ1n) is 5.78. The zero-order chi connectivity index (χ0) is 16.9. The summed E-state index contributed by atoms with van der Waals surface area (Å²) in [5.41, 5.74) is 4.64. The molecule has 0 heterocycles. The number of rotatable bonds is 5. The zero-order valence-corrected chi connectivity index (χ0v) is 12.1. The van der Waals surface area contributed by atoms with Gasteiger partial charge in [-0.3, -0.25) is 14.9 Å². The van der Waals surface area contributed by atoms with Gasteiger partial charge in [-0.2, -0.15) is 5.26 Å². The van der Waals surface area contributed by atoms with E-state index in [2.05, 4.69) is 0 Å². The maximum atomic E-state index is 11.8. The lowest BCUT2D eigenvalue weighted by atomic mass is 10.1. The second-order valence-corrected chi connectivity index (χ2v) is 4.50. The lowest BCUT2D eigenvalue weighted by molar-refractivity contribution is -0.384. The van der Waals surface area contributed by atoms with Crippen LogP contribution < -0.4 is 5.73 Å². The lowest BCUT2D eigenvalue weighted by Gasteiger charge is -2.06. The van der Waals surface area contributed by atoms with Crippen molar-refractivity contribution in [1.29, 1.82) is 5.26 Å². The van der Waals surface area contributed by atoms with Crippen molar-refractivity contribution in [3.63, 3.8) is 0 Å². The van der Waals surface area contributed by atoms with Gasteiger partial charge in [0, 0.05) is 17.8 Å². The van der Waals surface area contributed by atoms with Crippen molar-refractivity contribution >= 4 is 29.0 Å². The summed E-state index contributed by atoms with van der Waals surface area (Å²) in [4.78, 5) is 33.3. The van der Waals surface area contributed by atoms with E-state index in [1.807, 2.05) is 0 Å². The molecule has 0 amide bonds. The minimum absolute atomic E-state index is 0.0110. The number of ketones is 1. The Morgan fingerprint density at radius 3 is 2.59 bits per heavy atom. The molecule has 0 aliphatic carbocycles. The fourth-order valence-corrected chi connectivity index (χ4v) is 1.69. The molecule has 0 spiro atoms. The monoisotopic (exact) mass is 323 g/mol. The average molecular weight is 324 g/mol. The van der Waals surface area contributed by atoms with Gasteiger partial charge in [0.1, 0.15) is 11.6 Å². The number of nitriles is 1. The van der Waals surface area contributed by atoms with E-state index >= 15 is 0 Å². The van der Waals surface area contributed by atoms with Gasteiger partial charge in [0.05, 0.1) is 15.5 Å². The maximum Gasteiger partial charge on any atom is 0.340 e. The highest BCUT2D eigenvalue weighted by molar-refractivity contribution is 6.33. The number of esters is 1. The van der Waals surface area contributed by atoms with Crippen LogP contribution in [0.2, 0.25) is 5.02 Å². The minimum Gasteiger partial charge on any atom is -0.454 e. The van der Waals surface area contributed by atoms with E-state index in [0.717, 1.165) is 18.2 Å². The van der Waals surface area contributed by atoms with E-state index < -0.39 is 23.3 Å². The average Bonchev–Trinajstić information content (AvgIpc) is 2.44. The van der Waals surface area contributed by atoms with E-state index in [9.17, 15) is 19.7 Å². The summed E-state index contributed by atoms with van der Waals surface area (Å²) in [7, 11) is 0. The van der Waals surface area contributed by atoms with E-state index in [0.29, 0.717) is 0 Å². The van der Waals surface area contributed by atoms with Gasteiger partial charge in [0.2, 0.25) is 5.78 Å². The summed E-state index contributed by atoms with van der Waals surface area (Å²) in [5.74, 6) is -1.70. The van der Waals surface area contributed by atoms with Crippen molar-refractivity contribution in [2.24, 2.45) is 5.73 Å². The number of Topliss-reactive ketones (excluding diaryl/α,β-unsaturated/α-hetero) is 1. The number of carbonyl (C=O) groups excluding carboxylic acids is 2. The largest absolute Gasteiger partial charge is 0.454 e. The van der Waals surface area contributed by atoms with E-state index in [1.54, 1.807) is 6.07 Å². The Hall–Kier alpha value is -2.92. The van der Waals surface area contributed by atoms with Crippen LogP contribution in [0, 0.1) is 21.4 Å². The number of allylic oxidation sites excluding steroid dienone is 1. The summed E-state index contributed by atoms with van der Waals surface area (Å²) < 4.78 is 4.72. The summed E-state index contributed by atoms with van der Waals surface area (Å²) in [6.45, 7) is 0.676. The third-order valence-electron chi connectivity index (χ3n) is 2.50. The standard InChI is InChI=1S/C13H10ClN3O5/c1-7(16)10(5-15)12(18)6-22-13(19)9-3-2-8(17(20)21)4-11(9)14/h2-4H,6,16H2,1H3/b10-7+. The Kier molecular flexibility index (Phi) is 5.60. The Morgan fingerprint density at radius 2 is 2.14 bits per heavy atom. The second-order valence-electron chi connectivity index (χ2n) is 4.09. The van der Waals surface area contributed by atoms with Gasteiger partial charge in [-0.25, -0.2) is 4.79 Å². The molecule has 8 nitrogen and oxygen atoms in total. The molecule has 1 aromatic rings. The predicted molar refractivity (Wildman–Crippen MR) is 75.9 cm³/mol. The first kappa shape index (κ1) is 17.1. The lowest BCUT2D eigenvalue weighted by Crippen LogP contribution is -2.17. The molecule has 2 N–H and O–H groups in total. The summed E-state index contributed by atoms with van der Waals surface area (Å²) in [6, 6.07) is 4.79. The molecule has 0 saturated carbocycles. The molecule has 1 rings (SSSR count). The zero-order valence-electron chi connectivity index (χ0n) is 11.3. The van der Waals surface area contributed by atoms with Crippen LogP contribution in [-0.4, -0.2) is 23.3 Å². The van der Waals surface area contributed by atoms with Gasteiger partial charge in [-0.1, -0.05) is 11.6 Å². The van der Waals surface area contributed by atoms with Crippen LogP contribution in [0.5, 0.6) is 0 Å². The molecule has 22 heavy (non-hydrogen) atoms. The van der Waals surface area contributed by atoms with Gasteiger partial charge in [0.15, 0.2) is 6.61 Å². The van der Waals surface area contributed by atoms with Crippen molar-refractivity contribution in [1.82, 2.24) is 0 Å². The minimum atomic E-state index is -0.944.